The fourth-order valence-electron chi connectivity index (χ4n) is 2.63. The maximum Gasteiger partial charge on any atom is 0.277 e. The van der Waals surface area contributed by atoms with Crippen LogP contribution < -0.4 is 10.1 Å². The topological polar surface area (TPSA) is 82.2 Å². The SMILES string of the molecule is Cc1ccc(-c2cc(C(=O)Nc3cnn(COc4cccc(Cl)c4)c3)no2)cc1. The van der Waals surface area contributed by atoms with Crippen LogP contribution in [0.25, 0.3) is 11.3 Å². The number of carbonyl (C=O) groups is 1. The van der Waals surface area contributed by atoms with E-state index in [2.05, 4.69) is 15.6 Å². The Morgan fingerprint density at radius 1 is 1.21 bits per heavy atom. The molecule has 2 aromatic heterocycles. The molecular formula is C21H17ClN4O3. The summed E-state index contributed by atoms with van der Waals surface area (Å²) in [6.45, 7) is 2.18. The number of nitrogens with one attached hydrogen (secondary N) is 1. The number of anilines is 1. The highest BCUT2D eigenvalue weighted by molar-refractivity contribution is 6.30. The van der Waals surface area contributed by atoms with E-state index in [1.807, 2.05) is 31.2 Å². The predicted octanol–water partition coefficient (Wildman–Crippen LogP) is 4.79. The van der Waals surface area contributed by atoms with Gasteiger partial charge >= 0.3 is 0 Å². The van der Waals surface area contributed by atoms with Crippen LogP contribution in [0.5, 0.6) is 5.75 Å². The van der Waals surface area contributed by atoms with Crippen molar-refractivity contribution in [3.8, 4) is 17.1 Å². The van der Waals surface area contributed by atoms with Crippen LogP contribution >= 0.6 is 11.6 Å². The van der Waals surface area contributed by atoms with Crippen molar-refractivity contribution < 1.29 is 14.1 Å². The number of ether oxygens (including phenoxy) is 1. The number of rotatable bonds is 6. The second-order valence-corrected chi connectivity index (χ2v) is 6.83. The summed E-state index contributed by atoms with van der Waals surface area (Å²) in [5.41, 5.74) is 2.70. The summed E-state index contributed by atoms with van der Waals surface area (Å²) in [4.78, 5) is 12.4. The van der Waals surface area contributed by atoms with Gasteiger partial charge in [0.15, 0.2) is 18.2 Å². The Bertz CT molecular complexity index is 1130. The minimum absolute atomic E-state index is 0.178. The zero-order chi connectivity index (χ0) is 20.2. The van der Waals surface area contributed by atoms with Gasteiger partial charge in [-0.2, -0.15) is 5.10 Å². The Morgan fingerprint density at radius 3 is 2.83 bits per heavy atom. The van der Waals surface area contributed by atoms with E-state index in [0.29, 0.717) is 22.2 Å². The van der Waals surface area contributed by atoms with Gasteiger partial charge < -0.3 is 14.6 Å². The van der Waals surface area contributed by atoms with Gasteiger partial charge in [-0.05, 0) is 25.1 Å². The van der Waals surface area contributed by atoms with Gasteiger partial charge in [0.25, 0.3) is 5.91 Å². The third-order valence-corrected chi connectivity index (χ3v) is 4.36. The lowest BCUT2D eigenvalue weighted by atomic mass is 10.1. The highest BCUT2D eigenvalue weighted by Crippen LogP contribution is 2.21. The molecule has 4 rings (SSSR count). The van der Waals surface area contributed by atoms with Crippen molar-refractivity contribution in [3.63, 3.8) is 0 Å². The van der Waals surface area contributed by atoms with Crippen molar-refractivity contribution in [3.05, 3.63) is 83.3 Å². The molecule has 2 aromatic carbocycles. The van der Waals surface area contributed by atoms with Crippen molar-refractivity contribution in [2.75, 3.05) is 5.32 Å². The molecule has 0 fully saturated rings. The molecule has 0 spiro atoms. The van der Waals surface area contributed by atoms with Crippen molar-refractivity contribution in [1.29, 1.82) is 0 Å². The van der Waals surface area contributed by atoms with Gasteiger partial charge in [-0.3, -0.25) is 4.79 Å². The average Bonchev–Trinajstić information content (AvgIpc) is 3.37. The molecule has 0 unspecified atom stereocenters. The van der Waals surface area contributed by atoms with Crippen LogP contribution in [0.3, 0.4) is 0 Å². The third-order valence-electron chi connectivity index (χ3n) is 4.13. The van der Waals surface area contributed by atoms with Gasteiger partial charge in [-0.25, -0.2) is 4.68 Å². The minimum Gasteiger partial charge on any atom is -0.471 e. The second kappa shape index (κ2) is 8.20. The first-order valence-corrected chi connectivity index (χ1v) is 9.20. The molecule has 0 bridgehead atoms. The Hall–Kier alpha value is -3.58. The number of hydrogen-bond donors (Lipinski definition) is 1. The highest BCUT2D eigenvalue weighted by Gasteiger charge is 2.14. The fourth-order valence-corrected chi connectivity index (χ4v) is 2.81. The smallest absolute Gasteiger partial charge is 0.277 e. The number of amides is 1. The molecule has 0 aliphatic heterocycles. The van der Waals surface area contributed by atoms with E-state index in [0.717, 1.165) is 11.1 Å². The fraction of sp³-hybridized carbons (Fsp3) is 0.0952. The van der Waals surface area contributed by atoms with Crippen LogP contribution in [-0.2, 0) is 6.73 Å². The standard InChI is InChI=1S/C21H17ClN4O3/c1-14-5-7-15(8-6-14)20-10-19(25-29-20)21(27)24-17-11-23-26(12-17)13-28-18-4-2-3-16(22)9-18/h2-12H,13H2,1H3,(H,24,27). The van der Waals surface area contributed by atoms with Gasteiger partial charge in [-0.15, -0.1) is 0 Å². The normalized spacial score (nSPS) is 10.7. The third kappa shape index (κ3) is 4.64. The van der Waals surface area contributed by atoms with Crippen LogP contribution in [0.15, 0.2) is 71.5 Å². The summed E-state index contributed by atoms with van der Waals surface area (Å²) in [6, 6.07) is 16.5. The quantitative estimate of drug-likeness (QED) is 0.496. The largest absolute Gasteiger partial charge is 0.471 e. The van der Waals surface area contributed by atoms with Crippen molar-refractivity contribution >= 4 is 23.2 Å². The molecule has 4 aromatic rings. The molecule has 1 N–H and O–H groups in total. The predicted molar refractivity (Wildman–Crippen MR) is 109 cm³/mol. The minimum atomic E-state index is -0.387. The van der Waals surface area contributed by atoms with E-state index in [1.165, 1.54) is 6.20 Å². The van der Waals surface area contributed by atoms with Gasteiger partial charge in [0.1, 0.15) is 5.75 Å². The molecule has 0 saturated carbocycles. The molecule has 1 amide bonds. The zero-order valence-corrected chi connectivity index (χ0v) is 16.3. The van der Waals surface area contributed by atoms with Crippen LogP contribution in [0.1, 0.15) is 16.1 Å². The van der Waals surface area contributed by atoms with E-state index < -0.39 is 0 Å². The molecule has 0 atom stereocenters. The number of aryl methyl sites for hydroxylation is 1. The first-order valence-electron chi connectivity index (χ1n) is 8.83. The first kappa shape index (κ1) is 18.8. The first-order chi connectivity index (χ1) is 14.1. The Morgan fingerprint density at radius 2 is 2.03 bits per heavy atom. The van der Waals surface area contributed by atoms with Crippen LogP contribution in [0, 0.1) is 6.92 Å². The van der Waals surface area contributed by atoms with Crippen LogP contribution in [0.4, 0.5) is 5.69 Å². The number of benzene rings is 2. The van der Waals surface area contributed by atoms with Gasteiger partial charge in [0.05, 0.1) is 18.1 Å². The second-order valence-electron chi connectivity index (χ2n) is 6.40. The van der Waals surface area contributed by atoms with Crippen molar-refractivity contribution in [2.24, 2.45) is 0 Å². The van der Waals surface area contributed by atoms with Crippen LogP contribution in [-0.4, -0.2) is 20.8 Å². The van der Waals surface area contributed by atoms with Gasteiger partial charge in [0.2, 0.25) is 0 Å². The van der Waals surface area contributed by atoms with E-state index in [-0.39, 0.29) is 18.3 Å². The van der Waals surface area contributed by atoms with E-state index in [4.69, 9.17) is 20.9 Å². The molecule has 0 radical (unpaired) electrons. The van der Waals surface area contributed by atoms with Gasteiger partial charge in [0, 0.05) is 16.7 Å². The number of aromatic nitrogens is 3. The monoisotopic (exact) mass is 408 g/mol. The maximum atomic E-state index is 12.4. The lowest BCUT2D eigenvalue weighted by Gasteiger charge is -2.06. The molecule has 146 valence electrons. The lowest BCUT2D eigenvalue weighted by molar-refractivity contribution is 0.101. The van der Waals surface area contributed by atoms with E-state index >= 15 is 0 Å². The lowest BCUT2D eigenvalue weighted by Crippen LogP contribution is -2.11. The van der Waals surface area contributed by atoms with Crippen LogP contribution in [0.2, 0.25) is 5.02 Å². The summed E-state index contributed by atoms with van der Waals surface area (Å²) in [5, 5.41) is 11.3. The Kier molecular flexibility index (Phi) is 5.31. The van der Waals surface area contributed by atoms with E-state index in [1.54, 1.807) is 41.2 Å². The van der Waals surface area contributed by atoms with Crippen molar-refractivity contribution in [2.45, 2.75) is 13.7 Å². The molecule has 8 heteroatoms. The number of carbonyl (C=O) groups excluding carboxylic acids is 1. The molecular weight excluding hydrogens is 392 g/mol. The molecule has 0 aliphatic rings. The van der Waals surface area contributed by atoms with Crippen molar-refractivity contribution in [1.82, 2.24) is 14.9 Å². The summed E-state index contributed by atoms with van der Waals surface area (Å²) >= 11 is 5.93. The Balaban J connectivity index is 1.37. The zero-order valence-electron chi connectivity index (χ0n) is 15.5. The number of halogens is 1. The average molecular weight is 409 g/mol. The van der Waals surface area contributed by atoms with E-state index in [9.17, 15) is 4.79 Å². The Labute approximate surface area is 171 Å². The summed E-state index contributed by atoms with van der Waals surface area (Å²) < 4.78 is 12.5. The summed E-state index contributed by atoms with van der Waals surface area (Å²) in [6.07, 6.45) is 3.18. The molecule has 2 heterocycles. The molecule has 29 heavy (non-hydrogen) atoms. The van der Waals surface area contributed by atoms with Gasteiger partial charge in [-0.1, -0.05) is 52.7 Å². The highest BCUT2D eigenvalue weighted by atomic mass is 35.5. The molecule has 7 nitrogen and oxygen atoms in total. The number of hydrogen-bond acceptors (Lipinski definition) is 5. The number of nitrogens with zero attached hydrogens (tertiary/aromatic N) is 3. The summed E-state index contributed by atoms with van der Waals surface area (Å²) in [5.74, 6) is 0.771. The maximum absolute atomic E-state index is 12.4. The molecule has 0 saturated heterocycles. The molecule has 0 aliphatic carbocycles. The summed E-state index contributed by atoms with van der Waals surface area (Å²) in [7, 11) is 0.